The van der Waals surface area contributed by atoms with Gasteiger partial charge in [0.05, 0.1) is 16.4 Å². The lowest BCUT2D eigenvalue weighted by molar-refractivity contribution is -0.387. The van der Waals surface area contributed by atoms with Crippen LogP contribution >= 0.6 is 0 Å². The Morgan fingerprint density at radius 1 is 1.52 bits per heavy atom. The third-order valence-electron chi connectivity index (χ3n) is 3.56. The van der Waals surface area contributed by atoms with Gasteiger partial charge in [-0.2, -0.15) is 8.70 Å². The van der Waals surface area contributed by atoms with Crippen molar-refractivity contribution in [2.75, 3.05) is 13.2 Å². The first-order chi connectivity index (χ1) is 9.78. The van der Waals surface area contributed by atoms with Crippen LogP contribution in [-0.2, 0) is 10.0 Å². The van der Waals surface area contributed by atoms with Gasteiger partial charge in [-0.25, -0.2) is 8.42 Å². The number of benzene rings is 1. The summed E-state index contributed by atoms with van der Waals surface area (Å²) in [7, 11) is -4.00. The van der Waals surface area contributed by atoms with Crippen molar-refractivity contribution in [2.45, 2.75) is 30.7 Å². The molecule has 7 nitrogen and oxygen atoms in total. The summed E-state index contributed by atoms with van der Waals surface area (Å²) in [5.41, 5.74) is -0.777. The maximum atomic E-state index is 13.5. The van der Waals surface area contributed by atoms with Gasteiger partial charge in [0.15, 0.2) is 0 Å². The summed E-state index contributed by atoms with van der Waals surface area (Å²) in [6, 6.07) is 1.04. The molecule has 9 heteroatoms. The molecule has 1 aliphatic rings. The number of nitrogens with zero attached hydrogens (tertiary/aromatic N) is 2. The zero-order valence-electron chi connectivity index (χ0n) is 11.3. The van der Waals surface area contributed by atoms with Crippen molar-refractivity contribution in [1.29, 1.82) is 0 Å². The normalized spacial score (nSPS) is 19.9. The fraction of sp³-hybridized carbons (Fsp3) is 0.500. The molecule has 0 saturated carbocycles. The molecule has 1 N–H and O–H groups in total. The van der Waals surface area contributed by atoms with Gasteiger partial charge in [-0.1, -0.05) is 0 Å². The molecule has 0 aliphatic carbocycles. The van der Waals surface area contributed by atoms with Crippen LogP contribution in [0.1, 0.15) is 18.4 Å². The summed E-state index contributed by atoms with van der Waals surface area (Å²) in [4.78, 5) is 9.52. The van der Waals surface area contributed by atoms with Crippen molar-refractivity contribution < 1.29 is 22.8 Å². The lowest BCUT2D eigenvalue weighted by atomic mass is 10.2. The van der Waals surface area contributed by atoms with Crippen molar-refractivity contribution in [3.8, 4) is 0 Å². The number of rotatable bonds is 4. The standard InChI is InChI=1S/C12H15FN2O5S/c1-8-5-10(13)11(15(17)18)6-12(8)21(19,20)14-4-2-3-9(14)7-16/h5-6,9,16H,2-4,7H2,1H3/t9-/m0/s1. The van der Waals surface area contributed by atoms with Crippen LogP contribution in [-0.4, -0.2) is 41.9 Å². The van der Waals surface area contributed by atoms with Gasteiger partial charge in [0.25, 0.3) is 0 Å². The minimum absolute atomic E-state index is 0.0988. The fourth-order valence-corrected chi connectivity index (χ4v) is 4.41. The van der Waals surface area contributed by atoms with Gasteiger partial charge in [0, 0.05) is 18.7 Å². The number of sulfonamides is 1. The Kier molecular flexibility index (Phi) is 4.26. The Morgan fingerprint density at radius 2 is 2.19 bits per heavy atom. The van der Waals surface area contributed by atoms with Crippen LogP contribution in [0.4, 0.5) is 10.1 Å². The zero-order chi connectivity index (χ0) is 15.8. The first-order valence-electron chi connectivity index (χ1n) is 6.36. The van der Waals surface area contributed by atoms with E-state index in [4.69, 9.17) is 0 Å². The molecule has 1 aliphatic heterocycles. The van der Waals surface area contributed by atoms with E-state index in [1.54, 1.807) is 0 Å². The van der Waals surface area contributed by atoms with Crippen molar-refractivity contribution in [2.24, 2.45) is 0 Å². The van der Waals surface area contributed by atoms with Crippen LogP contribution in [0.2, 0.25) is 0 Å². The molecule has 1 aromatic carbocycles. The highest BCUT2D eigenvalue weighted by molar-refractivity contribution is 7.89. The number of aryl methyl sites for hydroxylation is 1. The molecule has 1 saturated heterocycles. The number of aliphatic hydroxyl groups excluding tert-OH is 1. The number of aliphatic hydroxyl groups is 1. The monoisotopic (exact) mass is 318 g/mol. The van der Waals surface area contributed by atoms with E-state index in [1.807, 2.05) is 0 Å². The molecule has 21 heavy (non-hydrogen) atoms. The fourth-order valence-electron chi connectivity index (χ4n) is 2.49. The molecule has 0 radical (unpaired) electrons. The van der Waals surface area contributed by atoms with Gasteiger partial charge in [0.1, 0.15) is 0 Å². The van der Waals surface area contributed by atoms with Crippen molar-refractivity contribution in [3.05, 3.63) is 33.6 Å². The quantitative estimate of drug-likeness (QED) is 0.664. The highest BCUT2D eigenvalue weighted by atomic mass is 32.2. The summed E-state index contributed by atoms with van der Waals surface area (Å²) < 4.78 is 39.8. The van der Waals surface area contributed by atoms with Crippen molar-refractivity contribution in [3.63, 3.8) is 0 Å². The third kappa shape index (κ3) is 2.76. The van der Waals surface area contributed by atoms with E-state index in [0.29, 0.717) is 12.8 Å². The minimum Gasteiger partial charge on any atom is -0.395 e. The second kappa shape index (κ2) is 5.66. The van der Waals surface area contributed by atoms with Crippen LogP contribution in [0.3, 0.4) is 0 Å². The summed E-state index contributed by atoms with van der Waals surface area (Å²) in [6.07, 6.45) is 1.13. The van der Waals surface area contributed by atoms with Gasteiger partial charge in [0.2, 0.25) is 15.8 Å². The molecule has 1 fully saturated rings. The first kappa shape index (κ1) is 15.8. The topological polar surface area (TPSA) is 101 Å². The third-order valence-corrected chi connectivity index (χ3v) is 5.66. The van der Waals surface area contributed by atoms with Gasteiger partial charge < -0.3 is 5.11 Å². The molecule has 1 aromatic rings. The van der Waals surface area contributed by atoms with E-state index in [9.17, 15) is 28.0 Å². The number of halogens is 1. The maximum Gasteiger partial charge on any atom is 0.306 e. The molecule has 0 spiro atoms. The van der Waals surface area contributed by atoms with Crippen LogP contribution in [0.15, 0.2) is 17.0 Å². The smallest absolute Gasteiger partial charge is 0.306 e. The average molecular weight is 318 g/mol. The molecule has 1 atom stereocenters. The van der Waals surface area contributed by atoms with E-state index < -0.39 is 32.5 Å². The molecule has 0 aromatic heterocycles. The number of hydrogen-bond donors (Lipinski definition) is 1. The zero-order valence-corrected chi connectivity index (χ0v) is 12.1. The predicted octanol–water partition coefficient (Wildman–Crippen LogP) is 1.19. The van der Waals surface area contributed by atoms with Gasteiger partial charge in [-0.05, 0) is 31.4 Å². The predicted molar refractivity (Wildman–Crippen MR) is 71.8 cm³/mol. The van der Waals surface area contributed by atoms with E-state index in [1.165, 1.54) is 6.92 Å². The van der Waals surface area contributed by atoms with Crippen molar-refractivity contribution >= 4 is 15.7 Å². The minimum atomic E-state index is -4.00. The van der Waals surface area contributed by atoms with E-state index >= 15 is 0 Å². The first-order valence-corrected chi connectivity index (χ1v) is 7.80. The van der Waals surface area contributed by atoms with Crippen LogP contribution in [0, 0.1) is 22.9 Å². The molecule has 116 valence electrons. The largest absolute Gasteiger partial charge is 0.395 e. The summed E-state index contributed by atoms with van der Waals surface area (Å²) >= 11 is 0. The Morgan fingerprint density at radius 3 is 2.76 bits per heavy atom. The van der Waals surface area contributed by atoms with Gasteiger partial charge >= 0.3 is 5.69 Å². The maximum absolute atomic E-state index is 13.5. The Labute approximate surface area is 121 Å². The lowest BCUT2D eigenvalue weighted by Gasteiger charge is -2.23. The van der Waals surface area contributed by atoms with Crippen LogP contribution in [0.5, 0.6) is 0 Å². The summed E-state index contributed by atoms with van der Waals surface area (Å²) in [6.45, 7) is 1.30. The molecule has 0 bridgehead atoms. The molecule has 0 amide bonds. The van der Waals surface area contributed by atoms with Crippen LogP contribution in [0.25, 0.3) is 0 Å². The molecular weight excluding hydrogens is 303 g/mol. The van der Waals surface area contributed by atoms with Gasteiger partial charge in [-0.3, -0.25) is 10.1 Å². The highest BCUT2D eigenvalue weighted by Gasteiger charge is 2.36. The summed E-state index contributed by atoms with van der Waals surface area (Å²) in [5, 5.41) is 20.0. The number of nitro groups is 1. The Bertz CT molecular complexity index is 676. The number of nitro benzene ring substituents is 1. The van der Waals surface area contributed by atoms with Crippen molar-refractivity contribution in [1.82, 2.24) is 4.31 Å². The Hall–Kier alpha value is -1.58. The van der Waals surface area contributed by atoms with Gasteiger partial charge in [-0.15, -0.1) is 0 Å². The molecular formula is C12H15FN2O5S. The van der Waals surface area contributed by atoms with E-state index in [0.717, 1.165) is 16.4 Å². The van der Waals surface area contributed by atoms with Crippen LogP contribution < -0.4 is 0 Å². The number of hydrogen-bond acceptors (Lipinski definition) is 5. The lowest BCUT2D eigenvalue weighted by Crippen LogP contribution is -2.37. The molecule has 2 rings (SSSR count). The second-order valence-electron chi connectivity index (χ2n) is 4.92. The molecule has 1 heterocycles. The van der Waals surface area contributed by atoms with E-state index in [2.05, 4.69) is 0 Å². The molecule has 0 unspecified atom stereocenters. The highest BCUT2D eigenvalue weighted by Crippen LogP contribution is 2.31. The SMILES string of the molecule is Cc1cc(F)c([N+](=O)[O-])cc1S(=O)(=O)N1CCC[C@H]1CO. The second-order valence-corrected chi connectivity index (χ2v) is 6.78. The Balaban J connectivity index is 2.54. The van der Waals surface area contributed by atoms with E-state index in [-0.39, 0.29) is 23.6 Å². The summed E-state index contributed by atoms with van der Waals surface area (Å²) in [5.74, 6) is -1.07. The average Bonchev–Trinajstić information content (AvgIpc) is 2.86.